The van der Waals surface area contributed by atoms with Crippen molar-refractivity contribution in [1.29, 1.82) is 0 Å². The van der Waals surface area contributed by atoms with E-state index in [4.69, 9.17) is 0 Å². The van der Waals surface area contributed by atoms with E-state index in [1.165, 1.54) is 11.1 Å². The molecule has 0 unspecified atom stereocenters. The zero-order chi connectivity index (χ0) is 12.0. The summed E-state index contributed by atoms with van der Waals surface area (Å²) < 4.78 is 0. The zero-order valence-electron chi connectivity index (χ0n) is 10.2. The maximum Gasteiger partial charge on any atom is 0.243 e. The zero-order valence-corrected chi connectivity index (χ0v) is 10.2. The monoisotopic (exact) mass is 217 g/mol. The smallest absolute Gasteiger partial charge is 0.243 e. The number of nitrogens with one attached hydrogen (secondary N) is 1. The van der Waals surface area contributed by atoms with Crippen LogP contribution in [0.15, 0.2) is 35.9 Å². The molecule has 0 saturated heterocycles. The van der Waals surface area contributed by atoms with E-state index in [1.54, 1.807) is 6.08 Å². The van der Waals surface area contributed by atoms with Gasteiger partial charge >= 0.3 is 0 Å². The van der Waals surface area contributed by atoms with Gasteiger partial charge in [0.05, 0.1) is 0 Å². The van der Waals surface area contributed by atoms with Crippen molar-refractivity contribution in [2.24, 2.45) is 0 Å². The normalized spacial score (nSPS) is 9.69. The maximum atomic E-state index is 11.3. The largest absolute Gasteiger partial charge is 0.352 e. The second-order valence-electron chi connectivity index (χ2n) is 4.19. The lowest BCUT2D eigenvalue weighted by Crippen LogP contribution is -2.24. The van der Waals surface area contributed by atoms with Gasteiger partial charge in [-0.15, -0.1) is 0 Å². The first-order valence-corrected chi connectivity index (χ1v) is 5.57. The molecule has 0 bridgehead atoms. The molecule has 16 heavy (non-hydrogen) atoms. The van der Waals surface area contributed by atoms with Gasteiger partial charge in [0.15, 0.2) is 0 Å². The molecule has 2 heteroatoms. The van der Waals surface area contributed by atoms with Gasteiger partial charge in [-0.1, -0.05) is 29.8 Å². The van der Waals surface area contributed by atoms with Crippen molar-refractivity contribution in [3.05, 3.63) is 47.0 Å². The third-order valence-electron chi connectivity index (χ3n) is 2.37. The minimum absolute atomic E-state index is 0.00594. The molecule has 0 aliphatic carbocycles. The quantitative estimate of drug-likeness (QED) is 0.772. The molecule has 1 rings (SSSR count). The van der Waals surface area contributed by atoms with Crippen molar-refractivity contribution in [3.8, 4) is 0 Å². The maximum absolute atomic E-state index is 11.3. The van der Waals surface area contributed by atoms with Crippen LogP contribution in [0.5, 0.6) is 0 Å². The molecule has 0 aliphatic rings. The summed E-state index contributed by atoms with van der Waals surface area (Å²) in [5.74, 6) is -0.00594. The first-order chi connectivity index (χ1) is 7.59. The first-order valence-electron chi connectivity index (χ1n) is 5.57. The number of rotatable bonds is 4. The van der Waals surface area contributed by atoms with Gasteiger partial charge < -0.3 is 5.32 Å². The molecule has 1 amide bonds. The molecule has 0 saturated carbocycles. The van der Waals surface area contributed by atoms with Crippen LogP contribution in [0.25, 0.3) is 0 Å². The summed E-state index contributed by atoms with van der Waals surface area (Å²) in [6.45, 7) is 6.61. The number of carbonyl (C=O) groups is 1. The van der Waals surface area contributed by atoms with Crippen LogP contribution in [0.4, 0.5) is 0 Å². The topological polar surface area (TPSA) is 29.1 Å². The molecule has 1 aromatic carbocycles. The Kier molecular flexibility index (Phi) is 4.77. The SMILES string of the molecule is CC(C)=CC(=O)NCCc1ccccc1C. The van der Waals surface area contributed by atoms with Crippen molar-refractivity contribution in [1.82, 2.24) is 5.32 Å². The van der Waals surface area contributed by atoms with E-state index in [0.717, 1.165) is 12.0 Å². The number of benzene rings is 1. The van der Waals surface area contributed by atoms with Crippen molar-refractivity contribution < 1.29 is 4.79 Å². The molecule has 86 valence electrons. The predicted octanol–water partition coefficient (Wildman–Crippen LogP) is 2.62. The van der Waals surface area contributed by atoms with Crippen LogP contribution in [-0.4, -0.2) is 12.5 Å². The number of amides is 1. The van der Waals surface area contributed by atoms with E-state index >= 15 is 0 Å². The summed E-state index contributed by atoms with van der Waals surface area (Å²) in [6.07, 6.45) is 2.51. The molecule has 0 spiro atoms. The van der Waals surface area contributed by atoms with Gasteiger partial charge in [-0.3, -0.25) is 4.79 Å². The van der Waals surface area contributed by atoms with Crippen molar-refractivity contribution >= 4 is 5.91 Å². The summed E-state index contributed by atoms with van der Waals surface area (Å²) in [5, 5.41) is 2.87. The van der Waals surface area contributed by atoms with Gasteiger partial charge in [-0.2, -0.15) is 0 Å². The average molecular weight is 217 g/mol. The lowest BCUT2D eigenvalue weighted by Gasteiger charge is -2.05. The number of hydrogen-bond donors (Lipinski definition) is 1. The number of aryl methyl sites for hydroxylation is 1. The van der Waals surface area contributed by atoms with Crippen LogP contribution >= 0.6 is 0 Å². The number of hydrogen-bond acceptors (Lipinski definition) is 1. The summed E-state index contributed by atoms with van der Waals surface area (Å²) in [5.41, 5.74) is 3.59. The lowest BCUT2D eigenvalue weighted by molar-refractivity contribution is -0.116. The Morgan fingerprint density at radius 3 is 2.62 bits per heavy atom. The van der Waals surface area contributed by atoms with E-state index in [-0.39, 0.29) is 5.91 Å². The summed E-state index contributed by atoms with van der Waals surface area (Å²) in [4.78, 5) is 11.3. The molecular formula is C14H19NO. The molecule has 0 aliphatic heterocycles. The molecular weight excluding hydrogens is 198 g/mol. The third kappa shape index (κ3) is 4.30. The summed E-state index contributed by atoms with van der Waals surface area (Å²) in [6, 6.07) is 8.25. The van der Waals surface area contributed by atoms with Gasteiger partial charge in [-0.05, 0) is 38.3 Å². The van der Waals surface area contributed by atoms with Crippen LogP contribution < -0.4 is 5.32 Å². The highest BCUT2D eigenvalue weighted by atomic mass is 16.1. The molecule has 0 atom stereocenters. The van der Waals surface area contributed by atoms with E-state index in [2.05, 4.69) is 24.4 Å². The Labute approximate surface area is 97.4 Å². The molecule has 0 heterocycles. The van der Waals surface area contributed by atoms with Crippen molar-refractivity contribution in [2.45, 2.75) is 27.2 Å². The first kappa shape index (κ1) is 12.5. The summed E-state index contributed by atoms with van der Waals surface area (Å²) in [7, 11) is 0. The summed E-state index contributed by atoms with van der Waals surface area (Å²) >= 11 is 0. The Hall–Kier alpha value is -1.57. The Morgan fingerprint density at radius 2 is 2.00 bits per heavy atom. The van der Waals surface area contributed by atoms with Gasteiger partial charge in [0.25, 0.3) is 0 Å². The van der Waals surface area contributed by atoms with Crippen LogP contribution in [-0.2, 0) is 11.2 Å². The fourth-order valence-corrected chi connectivity index (χ4v) is 1.52. The molecule has 0 radical (unpaired) electrons. The second-order valence-corrected chi connectivity index (χ2v) is 4.19. The van der Waals surface area contributed by atoms with Gasteiger partial charge in [0.1, 0.15) is 0 Å². The van der Waals surface area contributed by atoms with Crippen molar-refractivity contribution in [2.75, 3.05) is 6.54 Å². The van der Waals surface area contributed by atoms with E-state index in [9.17, 15) is 4.79 Å². The van der Waals surface area contributed by atoms with E-state index in [1.807, 2.05) is 26.0 Å². The fourth-order valence-electron chi connectivity index (χ4n) is 1.52. The highest BCUT2D eigenvalue weighted by Crippen LogP contribution is 2.06. The van der Waals surface area contributed by atoms with Crippen LogP contribution in [0.1, 0.15) is 25.0 Å². The van der Waals surface area contributed by atoms with Crippen LogP contribution in [0.3, 0.4) is 0 Å². The lowest BCUT2D eigenvalue weighted by atomic mass is 10.1. The standard InChI is InChI=1S/C14H19NO/c1-11(2)10-14(16)15-9-8-13-7-5-4-6-12(13)3/h4-7,10H,8-9H2,1-3H3,(H,15,16). The van der Waals surface area contributed by atoms with Gasteiger partial charge in [0.2, 0.25) is 5.91 Å². The second kappa shape index (κ2) is 6.11. The predicted molar refractivity (Wildman–Crippen MR) is 67.3 cm³/mol. The Bertz CT molecular complexity index is 389. The van der Waals surface area contributed by atoms with E-state index in [0.29, 0.717) is 6.54 Å². The number of allylic oxidation sites excluding steroid dienone is 1. The molecule has 1 N–H and O–H groups in total. The van der Waals surface area contributed by atoms with Gasteiger partial charge in [0, 0.05) is 12.6 Å². The van der Waals surface area contributed by atoms with Crippen molar-refractivity contribution in [3.63, 3.8) is 0 Å². The minimum Gasteiger partial charge on any atom is -0.352 e. The Balaban J connectivity index is 2.39. The molecule has 0 fully saturated rings. The molecule has 1 aromatic rings. The van der Waals surface area contributed by atoms with E-state index < -0.39 is 0 Å². The minimum atomic E-state index is -0.00594. The highest BCUT2D eigenvalue weighted by molar-refractivity contribution is 5.87. The fraction of sp³-hybridized carbons (Fsp3) is 0.357. The molecule has 2 nitrogen and oxygen atoms in total. The third-order valence-corrected chi connectivity index (χ3v) is 2.37. The van der Waals surface area contributed by atoms with Gasteiger partial charge in [-0.25, -0.2) is 0 Å². The number of carbonyl (C=O) groups excluding carboxylic acids is 1. The highest BCUT2D eigenvalue weighted by Gasteiger charge is 1.98. The molecule has 0 aromatic heterocycles. The Morgan fingerprint density at radius 1 is 1.31 bits per heavy atom. The van der Waals surface area contributed by atoms with Crippen LogP contribution in [0, 0.1) is 6.92 Å². The van der Waals surface area contributed by atoms with Crippen LogP contribution in [0.2, 0.25) is 0 Å². The average Bonchev–Trinajstić information content (AvgIpc) is 2.19.